The Morgan fingerprint density at radius 1 is 1.23 bits per heavy atom. The molecule has 0 spiro atoms. The van der Waals surface area contributed by atoms with Gasteiger partial charge in [-0.3, -0.25) is 9.48 Å². The first-order valence-corrected chi connectivity index (χ1v) is 9.92. The van der Waals surface area contributed by atoms with Crippen molar-refractivity contribution in [3.05, 3.63) is 78.5 Å². The van der Waals surface area contributed by atoms with Gasteiger partial charge in [-0.15, -0.1) is 0 Å². The lowest BCUT2D eigenvalue weighted by Crippen LogP contribution is -2.26. The van der Waals surface area contributed by atoms with Crippen LogP contribution in [0.5, 0.6) is 5.75 Å². The summed E-state index contributed by atoms with van der Waals surface area (Å²) in [5.74, 6) is 0.519. The predicted molar refractivity (Wildman–Crippen MR) is 119 cm³/mol. The van der Waals surface area contributed by atoms with Gasteiger partial charge >= 0.3 is 0 Å². The van der Waals surface area contributed by atoms with E-state index in [1.165, 1.54) is 6.33 Å². The molecule has 0 fully saturated rings. The van der Waals surface area contributed by atoms with Crippen LogP contribution in [0.3, 0.4) is 0 Å². The second-order valence-corrected chi connectivity index (χ2v) is 7.57. The summed E-state index contributed by atoms with van der Waals surface area (Å²) < 4.78 is 7.38. The third kappa shape index (κ3) is 3.15. The Bertz CT molecular complexity index is 1330. The largest absolute Gasteiger partial charge is 0.496 e. The fourth-order valence-electron chi connectivity index (χ4n) is 4.14. The Hall–Kier alpha value is -4.00. The Labute approximate surface area is 179 Å². The van der Waals surface area contributed by atoms with Crippen LogP contribution in [0, 0.1) is 0 Å². The molecule has 5 rings (SSSR count). The van der Waals surface area contributed by atoms with Crippen molar-refractivity contribution in [2.24, 2.45) is 7.05 Å². The molecule has 0 saturated carbocycles. The molecule has 1 aliphatic heterocycles. The molecule has 7 nitrogen and oxygen atoms in total. The summed E-state index contributed by atoms with van der Waals surface area (Å²) in [6.45, 7) is 4.98. The minimum atomic E-state index is -0.0643. The smallest absolute Gasteiger partial charge is 0.258 e. The van der Waals surface area contributed by atoms with Gasteiger partial charge in [0.25, 0.3) is 5.91 Å². The summed E-state index contributed by atoms with van der Waals surface area (Å²) in [5, 5.41) is 5.41. The zero-order valence-electron chi connectivity index (χ0n) is 17.4. The van der Waals surface area contributed by atoms with E-state index in [2.05, 4.69) is 39.8 Å². The number of carbonyl (C=O) groups is 1. The molecule has 2 aromatic heterocycles. The molecule has 31 heavy (non-hydrogen) atoms. The average molecular weight is 411 g/mol. The highest BCUT2D eigenvalue weighted by Gasteiger charge is 2.33. The van der Waals surface area contributed by atoms with Crippen LogP contribution < -0.4 is 4.74 Å². The van der Waals surface area contributed by atoms with E-state index in [4.69, 9.17) is 4.74 Å². The monoisotopic (exact) mass is 411 g/mol. The molecule has 1 amide bonds. The first-order chi connectivity index (χ1) is 15.1. The lowest BCUT2D eigenvalue weighted by Gasteiger charge is -2.17. The molecule has 0 atom stereocenters. The van der Waals surface area contributed by atoms with Gasteiger partial charge in [-0.2, -0.15) is 5.10 Å². The number of methoxy groups -OCH3 is 1. The number of hydrogen-bond acceptors (Lipinski definition) is 5. The van der Waals surface area contributed by atoms with E-state index in [0.717, 1.165) is 38.9 Å². The average Bonchev–Trinajstić information content (AvgIpc) is 3.33. The Morgan fingerprint density at radius 2 is 2.10 bits per heavy atom. The third-order valence-electron chi connectivity index (χ3n) is 5.73. The van der Waals surface area contributed by atoms with Crippen molar-refractivity contribution in [3.8, 4) is 16.9 Å². The summed E-state index contributed by atoms with van der Waals surface area (Å²) in [4.78, 5) is 23.3. The van der Waals surface area contributed by atoms with Gasteiger partial charge < -0.3 is 9.64 Å². The van der Waals surface area contributed by atoms with Crippen molar-refractivity contribution in [2.75, 3.05) is 13.7 Å². The van der Waals surface area contributed by atoms with E-state index in [0.29, 0.717) is 24.4 Å². The van der Waals surface area contributed by atoms with Gasteiger partial charge in [-0.1, -0.05) is 24.8 Å². The molecular weight excluding hydrogens is 390 g/mol. The molecule has 0 aliphatic carbocycles. The number of aryl methyl sites for hydroxylation is 1. The van der Waals surface area contributed by atoms with Crippen LogP contribution in [0.4, 0.5) is 0 Å². The van der Waals surface area contributed by atoms with Crippen molar-refractivity contribution in [2.45, 2.75) is 6.54 Å². The topological polar surface area (TPSA) is 73.1 Å². The van der Waals surface area contributed by atoms with Crippen molar-refractivity contribution in [1.29, 1.82) is 0 Å². The van der Waals surface area contributed by atoms with Crippen LogP contribution in [-0.4, -0.2) is 44.2 Å². The standard InChI is InChI=1S/C24H21N5O2/c1-15(20-8-9-25-14-26-20)12-29-13-19-18(6-7-22(31-3)23(19)24(29)30)16-4-5-17-11-27-28(2)21(17)10-16/h4-11,14H,1,12-13H2,2-3H3. The molecule has 0 N–H and O–H groups in total. The highest BCUT2D eigenvalue weighted by Crippen LogP contribution is 2.39. The summed E-state index contributed by atoms with van der Waals surface area (Å²) in [7, 11) is 3.52. The van der Waals surface area contributed by atoms with Gasteiger partial charge in [0, 0.05) is 31.7 Å². The number of amides is 1. The number of aromatic nitrogens is 4. The number of carbonyl (C=O) groups excluding carboxylic acids is 1. The van der Waals surface area contributed by atoms with Crippen molar-refractivity contribution < 1.29 is 9.53 Å². The summed E-state index contributed by atoms with van der Waals surface area (Å²) >= 11 is 0. The van der Waals surface area contributed by atoms with Gasteiger partial charge in [0.15, 0.2) is 0 Å². The lowest BCUT2D eigenvalue weighted by atomic mass is 9.95. The van der Waals surface area contributed by atoms with E-state index in [1.807, 2.05) is 30.1 Å². The molecule has 2 aromatic carbocycles. The van der Waals surface area contributed by atoms with Crippen LogP contribution in [0.25, 0.3) is 27.6 Å². The third-order valence-corrected chi connectivity index (χ3v) is 5.73. The molecule has 7 heteroatoms. The number of ether oxygens (including phenoxy) is 1. The zero-order chi connectivity index (χ0) is 21.5. The fraction of sp³-hybridized carbons (Fsp3) is 0.167. The van der Waals surface area contributed by atoms with Crippen molar-refractivity contribution in [1.82, 2.24) is 24.6 Å². The maximum absolute atomic E-state index is 13.3. The summed E-state index contributed by atoms with van der Waals surface area (Å²) in [6, 6.07) is 11.9. The van der Waals surface area contributed by atoms with Crippen LogP contribution in [0.2, 0.25) is 0 Å². The second kappa shape index (κ2) is 7.36. The predicted octanol–water partition coefficient (Wildman–Crippen LogP) is 3.71. The van der Waals surface area contributed by atoms with E-state index in [-0.39, 0.29) is 5.91 Å². The van der Waals surface area contributed by atoms with Gasteiger partial charge in [0.1, 0.15) is 12.1 Å². The fourth-order valence-corrected chi connectivity index (χ4v) is 4.14. The highest BCUT2D eigenvalue weighted by molar-refractivity contribution is 6.04. The first kappa shape index (κ1) is 19.0. The molecule has 1 aliphatic rings. The normalized spacial score (nSPS) is 13.0. The van der Waals surface area contributed by atoms with Crippen LogP contribution >= 0.6 is 0 Å². The minimum Gasteiger partial charge on any atom is -0.496 e. The Morgan fingerprint density at radius 3 is 2.87 bits per heavy atom. The highest BCUT2D eigenvalue weighted by atomic mass is 16.5. The number of benzene rings is 2. The molecule has 0 bridgehead atoms. The second-order valence-electron chi connectivity index (χ2n) is 7.57. The van der Waals surface area contributed by atoms with Crippen LogP contribution in [0.15, 0.2) is 61.7 Å². The van der Waals surface area contributed by atoms with Crippen molar-refractivity contribution in [3.63, 3.8) is 0 Å². The zero-order valence-corrected chi connectivity index (χ0v) is 17.4. The Kier molecular flexibility index (Phi) is 4.51. The van der Waals surface area contributed by atoms with Gasteiger partial charge in [-0.05, 0) is 40.5 Å². The minimum absolute atomic E-state index is 0.0643. The SMILES string of the molecule is C=C(CN1Cc2c(-c3ccc4cnn(C)c4c3)ccc(OC)c2C1=O)c1ccncn1. The molecule has 0 radical (unpaired) electrons. The molecule has 3 heterocycles. The van der Waals surface area contributed by atoms with Crippen molar-refractivity contribution >= 4 is 22.4 Å². The number of rotatable bonds is 5. The van der Waals surface area contributed by atoms with Gasteiger partial charge in [0.2, 0.25) is 0 Å². The van der Waals surface area contributed by atoms with E-state index in [9.17, 15) is 4.79 Å². The molecule has 0 unspecified atom stereocenters. The molecular formula is C24H21N5O2. The summed E-state index contributed by atoms with van der Waals surface area (Å²) in [5.41, 5.74) is 6.16. The molecule has 4 aromatic rings. The maximum atomic E-state index is 13.3. The van der Waals surface area contributed by atoms with E-state index in [1.54, 1.807) is 24.3 Å². The quantitative estimate of drug-likeness (QED) is 0.501. The molecule has 0 saturated heterocycles. The number of hydrogen-bond donors (Lipinski definition) is 0. The molecule has 154 valence electrons. The number of fused-ring (bicyclic) bond motifs is 2. The summed E-state index contributed by atoms with van der Waals surface area (Å²) in [6.07, 6.45) is 5.00. The van der Waals surface area contributed by atoms with E-state index < -0.39 is 0 Å². The van der Waals surface area contributed by atoms with Crippen LogP contribution in [0.1, 0.15) is 21.6 Å². The Balaban J connectivity index is 1.54. The number of nitrogens with zero attached hydrogens (tertiary/aromatic N) is 5. The lowest BCUT2D eigenvalue weighted by molar-refractivity contribution is 0.0796. The first-order valence-electron chi connectivity index (χ1n) is 9.92. The van der Waals surface area contributed by atoms with Crippen LogP contribution in [-0.2, 0) is 13.6 Å². The maximum Gasteiger partial charge on any atom is 0.258 e. The van der Waals surface area contributed by atoms with E-state index >= 15 is 0 Å². The van der Waals surface area contributed by atoms with Gasteiger partial charge in [0.05, 0.1) is 30.1 Å². The van der Waals surface area contributed by atoms with Gasteiger partial charge in [-0.25, -0.2) is 9.97 Å².